The molecular formula is C47H84O6. The van der Waals surface area contributed by atoms with E-state index in [9.17, 15) is 14.4 Å². The lowest BCUT2D eigenvalue weighted by Crippen LogP contribution is -2.30. The summed E-state index contributed by atoms with van der Waals surface area (Å²) in [7, 11) is 0. The molecule has 308 valence electrons. The van der Waals surface area contributed by atoms with Gasteiger partial charge < -0.3 is 14.2 Å². The molecule has 0 rings (SSSR count). The molecular weight excluding hydrogens is 661 g/mol. The highest BCUT2D eigenvalue weighted by molar-refractivity contribution is 5.71. The average Bonchev–Trinajstić information content (AvgIpc) is 3.15. The third-order valence-corrected chi connectivity index (χ3v) is 9.63. The maximum absolute atomic E-state index is 12.7. The molecule has 0 heterocycles. The van der Waals surface area contributed by atoms with E-state index in [1.807, 2.05) is 0 Å². The molecule has 0 saturated carbocycles. The lowest BCUT2D eigenvalue weighted by Gasteiger charge is -2.18. The molecule has 0 aliphatic heterocycles. The second-order valence-electron chi connectivity index (χ2n) is 14.9. The first-order valence-corrected chi connectivity index (χ1v) is 22.5. The fourth-order valence-corrected chi connectivity index (χ4v) is 6.25. The molecule has 0 aliphatic rings. The summed E-state index contributed by atoms with van der Waals surface area (Å²) in [5, 5.41) is 0. The van der Waals surface area contributed by atoms with Crippen molar-refractivity contribution in [2.45, 2.75) is 232 Å². The van der Waals surface area contributed by atoms with Crippen molar-refractivity contribution in [1.82, 2.24) is 0 Å². The molecule has 0 aliphatic carbocycles. The monoisotopic (exact) mass is 745 g/mol. The van der Waals surface area contributed by atoms with Crippen molar-refractivity contribution < 1.29 is 28.6 Å². The van der Waals surface area contributed by atoms with Crippen LogP contribution < -0.4 is 0 Å². The van der Waals surface area contributed by atoms with Gasteiger partial charge >= 0.3 is 17.9 Å². The Balaban J connectivity index is 4.37. The average molecular weight is 745 g/mol. The fraction of sp³-hybridized carbons (Fsp3) is 0.809. The lowest BCUT2D eigenvalue weighted by atomic mass is 10.0. The van der Waals surface area contributed by atoms with E-state index in [4.69, 9.17) is 14.2 Å². The van der Waals surface area contributed by atoms with Gasteiger partial charge in [-0.25, -0.2) is 0 Å². The largest absolute Gasteiger partial charge is 0.462 e. The van der Waals surface area contributed by atoms with Crippen molar-refractivity contribution in [3.63, 3.8) is 0 Å². The molecule has 0 aromatic heterocycles. The van der Waals surface area contributed by atoms with Gasteiger partial charge in [-0.2, -0.15) is 0 Å². The Labute approximate surface area is 327 Å². The molecule has 0 aromatic rings. The molecule has 0 N–H and O–H groups in total. The van der Waals surface area contributed by atoms with Gasteiger partial charge in [0.05, 0.1) is 0 Å². The zero-order chi connectivity index (χ0) is 38.7. The van der Waals surface area contributed by atoms with Crippen LogP contribution in [0.1, 0.15) is 226 Å². The SMILES string of the molecule is CC/C=C\C/C=C\CCCCCCCCCC(=O)OCC(COC(=O)CCC/C=C\CCCCCC)OC(=O)CCCCCCCCCCCCCC. The van der Waals surface area contributed by atoms with Gasteiger partial charge in [0.1, 0.15) is 13.2 Å². The Hall–Kier alpha value is -2.37. The summed E-state index contributed by atoms with van der Waals surface area (Å²) in [6, 6.07) is 0. The maximum Gasteiger partial charge on any atom is 0.306 e. The van der Waals surface area contributed by atoms with Crippen LogP contribution in [0.4, 0.5) is 0 Å². The van der Waals surface area contributed by atoms with Gasteiger partial charge in [-0.05, 0) is 64.2 Å². The van der Waals surface area contributed by atoms with Crippen molar-refractivity contribution >= 4 is 17.9 Å². The van der Waals surface area contributed by atoms with E-state index < -0.39 is 6.10 Å². The predicted molar refractivity (Wildman–Crippen MR) is 224 cm³/mol. The highest BCUT2D eigenvalue weighted by Gasteiger charge is 2.19. The van der Waals surface area contributed by atoms with Crippen molar-refractivity contribution in [3.8, 4) is 0 Å². The summed E-state index contributed by atoms with van der Waals surface area (Å²) in [4.78, 5) is 37.6. The first-order valence-electron chi connectivity index (χ1n) is 22.5. The third-order valence-electron chi connectivity index (χ3n) is 9.63. The summed E-state index contributed by atoms with van der Waals surface area (Å²) >= 11 is 0. The van der Waals surface area contributed by atoms with E-state index in [0.717, 1.165) is 77.0 Å². The van der Waals surface area contributed by atoms with Gasteiger partial charge in [-0.15, -0.1) is 0 Å². The number of allylic oxidation sites excluding steroid dienone is 6. The van der Waals surface area contributed by atoms with E-state index in [-0.39, 0.29) is 31.1 Å². The number of unbranched alkanes of at least 4 members (excludes halogenated alkanes) is 23. The van der Waals surface area contributed by atoms with Crippen LogP contribution in [-0.4, -0.2) is 37.2 Å². The summed E-state index contributed by atoms with van der Waals surface area (Å²) < 4.78 is 16.6. The minimum Gasteiger partial charge on any atom is -0.462 e. The van der Waals surface area contributed by atoms with E-state index in [0.29, 0.717) is 19.3 Å². The van der Waals surface area contributed by atoms with Crippen LogP contribution in [0.5, 0.6) is 0 Å². The first-order chi connectivity index (χ1) is 26.0. The Morgan fingerprint density at radius 3 is 1.25 bits per heavy atom. The van der Waals surface area contributed by atoms with Gasteiger partial charge in [0, 0.05) is 19.3 Å². The number of carbonyl (C=O) groups excluding carboxylic acids is 3. The Bertz CT molecular complexity index is 907. The van der Waals surface area contributed by atoms with Crippen molar-refractivity contribution in [2.24, 2.45) is 0 Å². The number of esters is 3. The molecule has 1 unspecified atom stereocenters. The second kappa shape index (κ2) is 42.4. The van der Waals surface area contributed by atoms with E-state index in [1.54, 1.807) is 0 Å². The smallest absolute Gasteiger partial charge is 0.306 e. The summed E-state index contributed by atoms with van der Waals surface area (Å²) in [5.41, 5.74) is 0. The van der Waals surface area contributed by atoms with Crippen molar-refractivity contribution in [2.75, 3.05) is 13.2 Å². The Kier molecular flexibility index (Phi) is 40.5. The highest BCUT2D eigenvalue weighted by atomic mass is 16.6. The minimum absolute atomic E-state index is 0.0829. The van der Waals surface area contributed by atoms with Crippen molar-refractivity contribution in [3.05, 3.63) is 36.5 Å². The summed E-state index contributed by atoms with van der Waals surface area (Å²) in [6.07, 6.45) is 47.0. The summed E-state index contributed by atoms with van der Waals surface area (Å²) in [6.45, 7) is 6.46. The topological polar surface area (TPSA) is 78.9 Å². The zero-order valence-electron chi connectivity index (χ0n) is 35.0. The molecule has 0 aromatic carbocycles. The number of hydrogen-bond acceptors (Lipinski definition) is 6. The van der Waals surface area contributed by atoms with Crippen LogP contribution in [0.25, 0.3) is 0 Å². The number of ether oxygens (including phenoxy) is 3. The Morgan fingerprint density at radius 2 is 0.755 bits per heavy atom. The van der Waals surface area contributed by atoms with E-state index in [1.165, 1.54) is 109 Å². The molecule has 6 heteroatoms. The standard InChI is InChI=1S/C47H84O6/c1-4-7-10-13-16-19-21-23-24-26-28-31-34-37-40-46(49)52-43-44(42-51-45(48)39-36-33-30-27-18-15-12-9-6-3)53-47(50)41-38-35-32-29-25-22-20-17-14-11-8-5-2/h7,10,16,19,27,30,44H,4-6,8-9,11-15,17-18,20-26,28-29,31-43H2,1-3H3/b10-7-,19-16-,30-27-. The van der Waals surface area contributed by atoms with Crippen LogP contribution in [0.3, 0.4) is 0 Å². The quantitative estimate of drug-likeness (QED) is 0.0269. The second-order valence-corrected chi connectivity index (χ2v) is 14.9. The normalized spacial score (nSPS) is 12.3. The Morgan fingerprint density at radius 1 is 0.396 bits per heavy atom. The number of carbonyl (C=O) groups is 3. The number of rotatable bonds is 40. The highest BCUT2D eigenvalue weighted by Crippen LogP contribution is 2.14. The summed E-state index contributed by atoms with van der Waals surface area (Å²) in [5.74, 6) is -0.926. The van der Waals surface area contributed by atoms with Crippen LogP contribution >= 0.6 is 0 Å². The molecule has 1 atom stereocenters. The van der Waals surface area contributed by atoms with Gasteiger partial charge in [0.2, 0.25) is 0 Å². The fourth-order valence-electron chi connectivity index (χ4n) is 6.25. The first kappa shape index (κ1) is 50.6. The molecule has 0 amide bonds. The van der Waals surface area contributed by atoms with E-state index >= 15 is 0 Å². The molecule has 6 nitrogen and oxygen atoms in total. The van der Waals surface area contributed by atoms with Crippen LogP contribution in [0.2, 0.25) is 0 Å². The molecule has 0 fully saturated rings. The van der Waals surface area contributed by atoms with Gasteiger partial charge in [0.15, 0.2) is 6.10 Å². The predicted octanol–water partition coefficient (Wildman–Crippen LogP) is 14.2. The van der Waals surface area contributed by atoms with E-state index in [2.05, 4.69) is 57.2 Å². The van der Waals surface area contributed by atoms with Gasteiger partial charge in [0.25, 0.3) is 0 Å². The van der Waals surface area contributed by atoms with Gasteiger partial charge in [-0.3, -0.25) is 14.4 Å². The van der Waals surface area contributed by atoms with Crippen LogP contribution in [0.15, 0.2) is 36.5 Å². The molecule has 0 spiro atoms. The third kappa shape index (κ3) is 40.6. The molecule has 53 heavy (non-hydrogen) atoms. The molecule has 0 bridgehead atoms. The molecule has 0 radical (unpaired) electrons. The minimum atomic E-state index is -0.779. The lowest BCUT2D eigenvalue weighted by molar-refractivity contribution is -0.167. The van der Waals surface area contributed by atoms with Crippen LogP contribution in [0, 0.1) is 0 Å². The van der Waals surface area contributed by atoms with Crippen molar-refractivity contribution in [1.29, 1.82) is 0 Å². The van der Waals surface area contributed by atoms with Gasteiger partial charge in [-0.1, -0.05) is 179 Å². The maximum atomic E-state index is 12.7. The van der Waals surface area contributed by atoms with Crippen LogP contribution in [-0.2, 0) is 28.6 Å². The molecule has 0 saturated heterocycles. The zero-order valence-corrected chi connectivity index (χ0v) is 35.0. The number of hydrogen-bond donors (Lipinski definition) is 0.